The summed E-state index contributed by atoms with van der Waals surface area (Å²) in [6, 6.07) is 0.540. The average Bonchev–Trinajstić information content (AvgIpc) is 2.49. The van der Waals surface area contributed by atoms with Crippen LogP contribution >= 0.6 is 0 Å². The fraction of sp³-hybridized carbons (Fsp3) is 1.00. The van der Waals surface area contributed by atoms with Crippen molar-refractivity contribution in [2.45, 2.75) is 19.4 Å². The highest BCUT2D eigenvalue weighted by atomic mass is 32.2. The monoisotopic (exact) mass is 232 g/mol. The van der Waals surface area contributed by atoms with Gasteiger partial charge in [0.1, 0.15) is 0 Å². The lowest BCUT2D eigenvalue weighted by molar-refractivity contribution is 0.191. The molecule has 2 aliphatic rings. The summed E-state index contributed by atoms with van der Waals surface area (Å²) in [5, 5.41) is 3.37. The first kappa shape index (κ1) is 11.4. The molecule has 0 aromatic heterocycles. The van der Waals surface area contributed by atoms with E-state index in [1.54, 1.807) is 0 Å². The lowest BCUT2D eigenvalue weighted by Gasteiger charge is -2.29. The van der Waals surface area contributed by atoms with Crippen LogP contribution in [-0.2, 0) is 9.84 Å². The molecule has 0 aliphatic carbocycles. The maximum absolute atomic E-state index is 11.5. The van der Waals surface area contributed by atoms with Crippen molar-refractivity contribution in [2.75, 3.05) is 37.7 Å². The Labute approximate surface area is 91.9 Å². The van der Waals surface area contributed by atoms with Crippen LogP contribution in [0.4, 0.5) is 0 Å². The Kier molecular flexibility index (Phi) is 3.33. The Bertz CT molecular complexity index is 315. The summed E-state index contributed by atoms with van der Waals surface area (Å²) in [6.07, 6.45) is 0.797. The molecule has 2 fully saturated rings. The fourth-order valence-electron chi connectivity index (χ4n) is 2.57. The molecule has 2 unspecified atom stereocenters. The third-order valence-electron chi connectivity index (χ3n) is 3.54. The van der Waals surface area contributed by atoms with E-state index in [1.807, 2.05) is 0 Å². The van der Waals surface area contributed by atoms with Crippen molar-refractivity contribution in [3.05, 3.63) is 0 Å². The van der Waals surface area contributed by atoms with Crippen molar-refractivity contribution in [1.82, 2.24) is 10.2 Å². The van der Waals surface area contributed by atoms with E-state index < -0.39 is 9.84 Å². The van der Waals surface area contributed by atoms with Gasteiger partial charge in [0.25, 0.3) is 0 Å². The number of rotatable bonds is 1. The molecule has 0 spiro atoms. The lowest BCUT2D eigenvalue weighted by atomic mass is 10.0. The normalized spacial score (nSPS) is 37.7. The maximum atomic E-state index is 11.5. The molecule has 0 saturated carbocycles. The summed E-state index contributed by atoms with van der Waals surface area (Å²) in [4.78, 5) is 2.36. The molecule has 2 aliphatic heterocycles. The molecule has 2 rings (SSSR count). The molecule has 0 aromatic rings. The molecule has 5 heteroatoms. The van der Waals surface area contributed by atoms with Gasteiger partial charge in [0.15, 0.2) is 9.84 Å². The number of hydrogen-bond donors (Lipinski definition) is 1. The van der Waals surface area contributed by atoms with Gasteiger partial charge in [-0.3, -0.25) is 4.90 Å². The van der Waals surface area contributed by atoms with Gasteiger partial charge in [-0.25, -0.2) is 8.42 Å². The Morgan fingerprint density at radius 1 is 1.20 bits per heavy atom. The standard InChI is InChI=1S/C10H20N2O2S/c1-9-7-11-8-10(9)12-3-2-5-15(13,14)6-4-12/h9-11H,2-8H2,1H3. The second-order valence-electron chi connectivity index (χ2n) is 4.74. The van der Waals surface area contributed by atoms with Crippen LogP contribution in [0.5, 0.6) is 0 Å². The van der Waals surface area contributed by atoms with Crippen LogP contribution in [0, 0.1) is 5.92 Å². The minimum atomic E-state index is -2.76. The molecule has 1 N–H and O–H groups in total. The molecule has 2 heterocycles. The minimum Gasteiger partial charge on any atom is -0.315 e. The van der Waals surface area contributed by atoms with Gasteiger partial charge in [-0.05, 0) is 25.4 Å². The average molecular weight is 232 g/mol. The Hall–Kier alpha value is -0.130. The van der Waals surface area contributed by atoms with E-state index in [4.69, 9.17) is 0 Å². The van der Waals surface area contributed by atoms with Gasteiger partial charge in [0, 0.05) is 19.1 Å². The smallest absolute Gasteiger partial charge is 0.151 e. The zero-order chi connectivity index (χ0) is 10.9. The van der Waals surface area contributed by atoms with Crippen molar-refractivity contribution < 1.29 is 8.42 Å². The van der Waals surface area contributed by atoms with Crippen LogP contribution < -0.4 is 5.32 Å². The summed E-state index contributed by atoms with van der Waals surface area (Å²) in [5.74, 6) is 1.36. The van der Waals surface area contributed by atoms with E-state index in [9.17, 15) is 8.42 Å². The highest BCUT2D eigenvalue weighted by Crippen LogP contribution is 2.17. The van der Waals surface area contributed by atoms with E-state index in [1.165, 1.54) is 0 Å². The van der Waals surface area contributed by atoms with Gasteiger partial charge >= 0.3 is 0 Å². The molecular formula is C10H20N2O2S. The van der Waals surface area contributed by atoms with E-state index in [0.29, 0.717) is 23.5 Å². The number of sulfone groups is 1. The van der Waals surface area contributed by atoms with E-state index in [0.717, 1.165) is 32.6 Å². The van der Waals surface area contributed by atoms with E-state index in [2.05, 4.69) is 17.1 Å². The molecule has 0 bridgehead atoms. The predicted octanol–water partition coefficient (Wildman–Crippen LogP) is -0.285. The third kappa shape index (κ3) is 2.71. The van der Waals surface area contributed by atoms with Gasteiger partial charge < -0.3 is 5.32 Å². The van der Waals surface area contributed by atoms with Crippen molar-refractivity contribution in [2.24, 2.45) is 5.92 Å². The molecular weight excluding hydrogens is 212 g/mol. The molecule has 0 aromatic carbocycles. The van der Waals surface area contributed by atoms with Crippen molar-refractivity contribution in [3.8, 4) is 0 Å². The number of hydrogen-bond acceptors (Lipinski definition) is 4. The van der Waals surface area contributed by atoms with Crippen LogP contribution in [0.3, 0.4) is 0 Å². The first-order valence-electron chi connectivity index (χ1n) is 5.74. The largest absolute Gasteiger partial charge is 0.315 e. The third-order valence-corrected chi connectivity index (χ3v) is 5.25. The molecule has 0 amide bonds. The molecule has 88 valence electrons. The molecule has 2 saturated heterocycles. The second kappa shape index (κ2) is 4.39. The maximum Gasteiger partial charge on any atom is 0.151 e. The topological polar surface area (TPSA) is 49.4 Å². The van der Waals surface area contributed by atoms with Crippen LogP contribution in [-0.4, -0.2) is 57.0 Å². The zero-order valence-corrected chi connectivity index (χ0v) is 10.1. The van der Waals surface area contributed by atoms with Crippen molar-refractivity contribution in [1.29, 1.82) is 0 Å². The number of nitrogens with zero attached hydrogens (tertiary/aromatic N) is 1. The van der Waals surface area contributed by atoms with Gasteiger partial charge in [-0.15, -0.1) is 0 Å². The SMILES string of the molecule is CC1CNCC1N1CCCS(=O)(=O)CC1. The summed E-state index contributed by atoms with van der Waals surface area (Å²) < 4.78 is 22.9. The van der Waals surface area contributed by atoms with Crippen LogP contribution in [0.1, 0.15) is 13.3 Å². The summed E-state index contributed by atoms with van der Waals surface area (Å²) in [5.41, 5.74) is 0. The summed E-state index contributed by atoms with van der Waals surface area (Å²) >= 11 is 0. The molecule has 4 nitrogen and oxygen atoms in total. The Morgan fingerprint density at radius 2 is 2.00 bits per heavy atom. The van der Waals surface area contributed by atoms with Crippen molar-refractivity contribution >= 4 is 9.84 Å². The van der Waals surface area contributed by atoms with E-state index in [-0.39, 0.29) is 0 Å². The van der Waals surface area contributed by atoms with Crippen LogP contribution in [0.15, 0.2) is 0 Å². The van der Waals surface area contributed by atoms with Crippen LogP contribution in [0.25, 0.3) is 0 Å². The second-order valence-corrected chi connectivity index (χ2v) is 7.05. The highest BCUT2D eigenvalue weighted by molar-refractivity contribution is 7.91. The van der Waals surface area contributed by atoms with Gasteiger partial charge in [0.2, 0.25) is 0 Å². The van der Waals surface area contributed by atoms with Gasteiger partial charge in [-0.2, -0.15) is 0 Å². The summed E-state index contributed by atoms with van der Waals surface area (Å²) in [7, 11) is -2.76. The molecule has 15 heavy (non-hydrogen) atoms. The highest BCUT2D eigenvalue weighted by Gasteiger charge is 2.30. The quantitative estimate of drug-likeness (QED) is 0.675. The number of nitrogens with one attached hydrogen (secondary N) is 1. The van der Waals surface area contributed by atoms with Crippen molar-refractivity contribution in [3.63, 3.8) is 0 Å². The summed E-state index contributed by atoms with van der Waals surface area (Å²) in [6.45, 7) is 5.98. The molecule has 0 radical (unpaired) electrons. The van der Waals surface area contributed by atoms with E-state index >= 15 is 0 Å². The first-order valence-corrected chi connectivity index (χ1v) is 7.56. The van der Waals surface area contributed by atoms with Gasteiger partial charge in [0.05, 0.1) is 11.5 Å². The minimum absolute atomic E-state index is 0.343. The predicted molar refractivity (Wildman–Crippen MR) is 60.7 cm³/mol. The van der Waals surface area contributed by atoms with Gasteiger partial charge in [-0.1, -0.05) is 6.92 Å². The Balaban J connectivity index is 1.99. The zero-order valence-electron chi connectivity index (χ0n) is 9.28. The lowest BCUT2D eigenvalue weighted by Crippen LogP contribution is -2.41. The molecule has 2 atom stereocenters. The van der Waals surface area contributed by atoms with Crippen LogP contribution in [0.2, 0.25) is 0 Å². The fourth-order valence-corrected chi connectivity index (χ4v) is 3.86. The Morgan fingerprint density at radius 3 is 2.67 bits per heavy atom. The first-order chi connectivity index (χ1) is 7.08.